The molecule has 138 valence electrons. The van der Waals surface area contributed by atoms with Gasteiger partial charge in [-0.1, -0.05) is 18.2 Å². The van der Waals surface area contributed by atoms with Crippen LogP contribution in [-0.2, 0) is 20.9 Å². The van der Waals surface area contributed by atoms with Gasteiger partial charge in [0.25, 0.3) is 0 Å². The molecule has 1 amide bonds. The number of para-hydroxylation sites is 1. The molecule has 0 aliphatic carbocycles. The monoisotopic (exact) mass is 357 g/mol. The molecule has 0 N–H and O–H groups in total. The minimum Gasteiger partial charge on any atom is -0.489 e. The van der Waals surface area contributed by atoms with Crippen LogP contribution in [0.4, 0.5) is 0 Å². The Morgan fingerprint density at radius 1 is 1.19 bits per heavy atom. The minimum absolute atomic E-state index is 0.0601. The van der Waals surface area contributed by atoms with Crippen LogP contribution >= 0.6 is 0 Å². The van der Waals surface area contributed by atoms with Crippen molar-refractivity contribution in [3.8, 4) is 5.75 Å². The SMILES string of the molecule is Cc1cccc(C)c1OCCOC(=O)[C@@H]1CC(=O)N(Cc2ccco2)C1. The summed E-state index contributed by atoms with van der Waals surface area (Å²) in [6, 6.07) is 9.52. The van der Waals surface area contributed by atoms with Crippen LogP contribution in [0.5, 0.6) is 5.75 Å². The summed E-state index contributed by atoms with van der Waals surface area (Å²) in [6.07, 6.45) is 1.75. The smallest absolute Gasteiger partial charge is 0.311 e. The Kier molecular flexibility index (Phi) is 5.61. The van der Waals surface area contributed by atoms with Gasteiger partial charge in [0.1, 0.15) is 24.7 Å². The number of rotatable bonds is 7. The molecule has 0 bridgehead atoms. The van der Waals surface area contributed by atoms with Gasteiger partial charge in [-0.15, -0.1) is 0 Å². The third-order valence-corrected chi connectivity index (χ3v) is 4.46. The lowest BCUT2D eigenvalue weighted by Gasteiger charge is -2.15. The van der Waals surface area contributed by atoms with E-state index >= 15 is 0 Å². The molecule has 1 aliphatic rings. The van der Waals surface area contributed by atoms with Gasteiger partial charge in [0.2, 0.25) is 5.91 Å². The summed E-state index contributed by atoms with van der Waals surface area (Å²) in [5.41, 5.74) is 2.09. The van der Waals surface area contributed by atoms with Crippen LogP contribution in [0.1, 0.15) is 23.3 Å². The quantitative estimate of drug-likeness (QED) is 0.563. The molecule has 2 heterocycles. The van der Waals surface area contributed by atoms with E-state index in [0.29, 0.717) is 18.8 Å². The Morgan fingerprint density at radius 3 is 2.65 bits per heavy atom. The molecule has 1 aromatic heterocycles. The average molecular weight is 357 g/mol. The lowest BCUT2D eigenvalue weighted by atomic mass is 10.1. The topological polar surface area (TPSA) is 69.0 Å². The Morgan fingerprint density at radius 2 is 1.96 bits per heavy atom. The van der Waals surface area contributed by atoms with Gasteiger partial charge in [-0.05, 0) is 37.1 Å². The molecule has 0 spiro atoms. The highest BCUT2D eigenvalue weighted by atomic mass is 16.6. The van der Waals surface area contributed by atoms with Crippen LogP contribution in [0.3, 0.4) is 0 Å². The summed E-state index contributed by atoms with van der Waals surface area (Å²) in [7, 11) is 0. The Bertz CT molecular complexity index is 748. The number of esters is 1. The molecule has 1 saturated heterocycles. The molecule has 3 rings (SSSR count). The van der Waals surface area contributed by atoms with E-state index in [1.54, 1.807) is 17.2 Å². The van der Waals surface area contributed by atoms with E-state index in [4.69, 9.17) is 13.9 Å². The number of hydrogen-bond donors (Lipinski definition) is 0. The second-order valence-electron chi connectivity index (χ2n) is 6.49. The summed E-state index contributed by atoms with van der Waals surface area (Å²) >= 11 is 0. The van der Waals surface area contributed by atoms with Gasteiger partial charge in [-0.2, -0.15) is 0 Å². The molecular formula is C20H23NO5. The fourth-order valence-electron chi connectivity index (χ4n) is 3.10. The third-order valence-electron chi connectivity index (χ3n) is 4.46. The fourth-order valence-corrected chi connectivity index (χ4v) is 3.10. The van der Waals surface area contributed by atoms with E-state index in [0.717, 1.165) is 16.9 Å². The number of furan rings is 1. The van der Waals surface area contributed by atoms with Crippen LogP contribution in [-0.4, -0.2) is 36.5 Å². The van der Waals surface area contributed by atoms with E-state index in [1.807, 2.05) is 38.1 Å². The van der Waals surface area contributed by atoms with Crippen LogP contribution in [0.15, 0.2) is 41.0 Å². The number of amides is 1. The van der Waals surface area contributed by atoms with E-state index in [-0.39, 0.29) is 31.5 Å². The van der Waals surface area contributed by atoms with E-state index in [2.05, 4.69) is 0 Å². The summed E-state index contributed by atoms with van der Waals surface area (Å²) in [6.45, 7) is 5.14. The first-order chi connectivity index (χ1) is 12.5. The molecule has 6 heteroatoms. The number of nitrogens with zero attached hydrogens (tertiary/aromatic N) is 1. The summed E-state index contributed by atoms with van der Waals surface area (Å²) in [4.78, 5) is 25.9. The van der Waals surface area contributed by atoms with Gasteiger partial charge in [-0.3, -0.25) is 9.59 Å². The Labute approximate surface area is 152 Å². The van der Waals surface area contributed by atoms with Crippen molar-refractivity contribution in [1.82, 2.24) is 4.90 Å². The maximum absolute atomic E-state index is 12.2. The predicted molar refractivity (Wildman–Crippen MR) is 94.6 cm³/mol. The molecule has 26 heavy (non-hydrogen) atoms. The summed E-state index contributed by atoms with van der Waals surface area (Å²) in [5, 5.41) is 0. The lowest BCUT2D eigenvalue weighted by Crippen LogP contribution is -2.26. The highest BCUT2D eigenvalue weighted by Crippen LogP contribution is 2.23. The molecule has 1 aromatic carbocycles. The molecule has 1 fully saturated rings. The van der Waals surface area contributed by atoms with Gasteiger partial charge >= 0.3 is 5.97 Å². The Hall–Kier alpha value is -2.76. The lowest BCUT2D eigenvalue weighted by molar-refractivity contribution is -0.149. The molecule has 6 nitrogen and oxygen atoms in total. The maximum Gasteiger partial charge on any atom is 0.311 e. The standard InChI is InChI=1S/C20H23NO5/c1-14-5-3-6-15(2)19(14)25-9-10-26-20(23)16-11-18(22)21(12-16)13-17-7-4-8-24-17/h3-8,16H,9-13H2,1-2H3/t16-/m1/s1. The zero-order valence-electron chi connectivity index (χ0n) is 15.1. The van der Waals surface area contributed by atoms with Gasteiger partial charge in [0.15, 0.2) is 0 Å². The molecule has 0 radical (unpaired) electrons. The Balaban J connectivity index is 1.43. The molecule has 1 atom stereocenters. The first-order valence-corrected chi connectivity index (χ1v) is 8.70. The highest BCUT2D eigenvalue weighted by molar-refractivity contribution is 5.86. The van der Waals surface area contributed by atoms with Crippen molar-refractivity contribution >= 4 is 11.9 Å². The molecule has 1 aliphatic heterocycles. The summed E-state index contributed by atoms with van der Waals surface area (Å²) < 4.78 is 16.3. The number of benzene rings is 1. The van der Waals surface area contributed by atoms with Crippen molar-refractivity contribution in [3.05, 3.63) is 53.5 Å². The van der Waals surface area contributed by atoms with Crippen molar-refractivity contribution in [1.29, 1.82) is 0 Å². The second kappa shape index (κ2) is 8.08. The molecular weight excluding hydrogens is 334 g/mol. The number of ether oxygens (including phenoxy) is 2. The van der Waals surface area contributed by atoms with E-state index in [1.165, 1.54) is 0 Å². The third kappa shape index (κ3) is 4.25. The van der Waals surface area contributed by atoms with Gasteiger partial charge in [0.05, 0.1) is 18.7 Å². The maximum atomic E-state index is 12.2. The predicted octanol–water partition coefficient (Wildman–Crippen LogP) is 2.87. The number of hydrogen-bond acceptors (Lipinski definition) is 5. The zero-order chi connectivity index (χ0) is 18.5. The first kappa shape index (κ1) is 18.0. The van der Waals surface area contributed by atoms with Gasteiger partial charge in [0, 0.05) is 13.0 Å². The molecule has 0 unspecified atom stereocenters. The van der Waals surface area contributed by atoms with Crippen LogP contribution < -0.4 is 4.74 Å². The average Bonchev–Trinajstić information content (AvgIpc) is 3.24. The second-order valence-corrected chi connectivity index (χ2v) is 6.49. The van der Waals surface area contributed by atoms with Crippen LogP contribution in [0.2, 0.25) is 0 Å². The van der Waals surface area contributed by atoms with E-state index < -0.39 is 5.92 Å². The number of carbonyl (C=O) groups is 2. The van der Waals surface area contributed by atoms with Crippen molar-refractivity contribution in [2.24, 2.45) is 5.92 Å². The van der Waals surface area contributed by atoms with Crippen molar-refractivity contribution in [2.75, 3.05) is 19.8 Å². The molecule has 0 saturated carbocycles. The largest absolute Gasteiger partial charge is 0.489 e. The van der Waals surface area contributed by atoms with Gasteiger partial charge in [-0.25, -0.2) is 0 Å². The first-order valence-electron chi connectivity index (χ1n) is 8.70. The fraction of sp³-hybridized carbons (Fsp3) is 0.400. The number of carbonyl (C=O) groups excluding carboxylic acids is 2. The number of aryl methyl sites for hydroxylation is 2. The minimum atomic E-state index is -0.433. The summed E-state index contributed by atoms with van der Waals surface area (Å²) in [5.74, 6) is 0.678. The van der Waals surface area contributed by atoms with Crippen molar-refractivity contribution in [2.45, 2.75) is 26.8 Å². The van der Waals surface area contributed by atoms with Crippen molar-refractivity contribution < 1.29 is 23.5 Å². The van der Waals surface area contributed by atoms with Crippen LogP contribution in [0.25, 0.3) is 0 Å². The van der Waals surface area contributed by atoms with Crippen LogP contribution in [0, 0.1) is 19.8 Å². The van der Waals surface area contributed by atoms with Gasteiger partial charge < -0.3 is 18.8 Å². The normalized spacial score (nSPS) is 16.8. The number of likely N-dealkylation sites (tertiary alicyclic amines) is 1. The zero-order valence-corrected chi connectivity index (χ0v) is 15.1. The molecule has 2 aromatic rings. The van der Waals surface area contributed by atoms with Crippen molar-refractivity contribution in [3.63, 3.8) is 0 Å². The van der Waals surface area contributed by atoms with E-state index in [9.17, 15) is 9.59 Å². The highest BCUT2D eigenvalue weighted by Gasteiger charge is 2.35.